The van der Waals surface area contributed by atoms with Crippen molar-refractivity contribution in [3.05, 3.63) is 0 Å². The first-order chi connectivity index (χ1) is 58.4. The Morgan fingerprint density at radius 1 is 0.187 bits per heavy atom. The van der Waals surface area contributed by atoms with Gasteiger partial charge in [-0.05, 0) is 0 Å². The van der Waals surface area contributed by atoms with Crippen LogP contribution >= 0.6 is 95.0 Å². The third-order valence-corrected chi connectivity index (χ3v) is 28.6. The number of thioether (sulfide) groups is 7. The summed E-state index contributed by atoms with van der Waals surface area (Å²) >= 11 is 10.7. The largest absolute Gasteiger partial charge is 0.481 e. The van der Waals surface area contributed by atoms with Crippen LogP contribution in [0.1, 0.15) is 44.9 Å². The average Bonchev–Trinajstić information content (AvgIpc) is 0.770. The SMILES string of the molecule is O=C(O)CCSC[C@H]1O[C@@H]2O[C@H]3[C@H](O)[C@@H](O)[C@H](O[C@@H]3CSCCC(=O)O)O[C@H]3C(O)[C@@H](O)[C@@H](O[C@H]4[C@H](O)[C@@H](O)[C@@H](O[C@H]5[C@H](O)[C@@H](O)[C@@H](O[C@H]6[C@H](O)[C@@H](O)[C@H](O[C@@H]6CSCCC(=O)O)O[C@H]6C(O)[C@@H](O)[C@@H](O[C@H]7[C@H](O)[C@@H](O)C(O[C@H]1[C@H](O)[C@H]2O)O[C@@H]7CSCCC(=O)O)O[C@@H]6CSCCC(=O)O)O[C@@H]5CS)O[C@@H]4CSCCC(=O)O)O[C@@H]3CSCCC(=O)O. The van der Waals surface area contributed by atoms with Crippen molar-refractivity contribution < 1.29 is 227 Å². The van der Waals surface area contributed by atoms with E-state index in [-0.39, 0.29) is 80.5 Å². The van der Waals surface area contributed by atoms with Gasteiger partial charge in [0.1, 0.15) is 146 Å². The number of thiol groups is 1. The molecule has 0 radical (unpaired) electrons. The second-order valence-corrected chi connectivity index (χ2v) is 38.1. The zero-order valence-corrected chi connectivity index (χ0v) is 71.7. The number of carbonyl (C=O) groups is 7. The van der Waals surface area contributed by atoms with E-state index in [0.717, 1.165) is 82.3 Å². The molecule has 30 aliphatic rings. The van der Waals surface area contributed by atoms with Gasteiger partial charge >= 0.3 is 41.8 Å². The normalized spacial score (nSPS) is 42.7. The van der Waals surface area contributed by atoms with Crippen LogP contribution in [0.5, 0.6) is 0 Å². The summed E-state index contributed by atoms with van der Waals surface area (Å²) in [6.45, 7) is 0. The highest BCUT2D eigenvalue weighted by molar-refractivity contribution is 8.00. The summed E-state index contributed by atoms with van der Waals surface area (Å²) in [6.07, 6.45) is -83.8. The van der Waals surface area contributed by atoms with Gasteiger partial charge in [-0.1, -0.05) is 0 Å². The Kier molecular flexibility index (Phi) is 42.5. The molecule has 30 heterocycles. The first-order valence-corrected chi connectivity index (χ1v) is 47.6. The lowest BCUT2D eigenvalue weighted by atomic mass is 9.95. The van der Waals surface area contributed by atoms with Crippen molar-refractivity contribution >= 4 is 137 Å². The molecule has 0 aromatic rings. The summed E-state index contributed by atoms with van der Waals surface area (Å²) in [6, 6.07) is 0. The summed E-state index contributed by atoms with van der Waals surface area (Å²) in [5.74, 6) is -12.6. The van der Waals surface area contributed by atoms with E-state index in [1.165, 1.54) is 0 Å². The molecular formula is C69H108O46S8. The predicted octanol–water partition coefficient (Wildman–Crippen LogP) is -7.96. The van der Waals surface area contributed by atoms with E-state index in [0.29, 0.717) is 0 Å². The average molecular weight is 1930 g/mol. The predicted molar refractivity (Wildman–Crippen MR) is 425 cm³/mol. The molecule has 30 saturated heterocycles. The Hall–Kier alpha value is -2.19. The van der Waals surface area contributed by atoms with Gasteiger partial charge in [0.15, 0.2) is 50.3 Å². The molecule has 16 bridgehead atoms. The number of carboxylic acids is 7. The maximum absolute atomic E-state index is 12.3. The van der Waals surface area contributed by atoms with Gasteiger partial charge in [0.05, 0.1) is 93.8 Å². The molecule has 30 rings (SSSR count). The van der Waals surface area contributed by atoms with E-state index >= 15 is 0 Å². The van der Waals surface area contributed by atoms with E-state index in [1.54, 1.807) is 0 Å². The van der Waals surface area contributed by atoms with Gasteiger partial charge in [0.25, 0.3) is 0 Å². The van der Waals surface area contributed by atoms with Crippen LogP contribution in [0.25, 0.3) is 0 Å². The van der Waals surface area contributed by atoms with E-state index in [9.17, 15) is 151 Å². The van der Waals surface area contributed by atoms with Crippen LogP contribution < -0.4 is 0 Å². The molecule has 123 heavy (non-hydrogen) atoms. The Morgan fingerprint density at radius 2 is 0.301 bits per heavy atom. The molecule has 54 heteroatoms. The van der Waals surface area contributed by atoms with Crippen LogP contribution in [0.4, 0.5) is 0 Å². The number of hydrogen-bond acceptors (Lipinski definition) is 47. The van der Waals surface area contributed by atoms with E-state index < -0.39 is 338 Å². The van der Waals surface area contributed by atoms with Crippen LogP contribution in [0.3, 0.4) is 0 Å². The quantitative estimate of drug-likeness (QED) is 0.0205. The van der Waals surface area contributed by atoms with Gasteiger partial charge in [-0.25, -0.2) is 0 Å². The first kappa shape index (κ1) is 105. The molecule has 30 aliphatic heterocycles. The molecule has 3 unspecified atom stereocenters. The number of hydrogen-bond donors (Lipinski definition) is 24. The Labute approximate surface area is 736 Å². The standard InChI is InChI=1S/C69H108O46S8/c70-31(71)1-8-117-16-24-55-40(86)48(94)64(102-24)111-57-26(18-119-10-3-33(74)75)104-66(50(96)42(57)88)113-59-28(20-121-12-5-35(78)79)106-68(52(98)44(59)90)115-61-30(22-123-14-7-37(82)83)107-69(53(99)45(61)91)114-60-29(21-122-13-6-36(80)81)105-67(51(97)43(60)89)112-58-27(19-120-11-4-34(76)77)103-65(49(95)41(58)87)110-56-25(17-118-9-2-32(72)73)101-63(47(93)39(56)85)108-54-23(15-116)100-62(109-55)46(92)38(54)84/h23-30,38-69,84-99,116H,1-22H2,(H,70,71)(H,72,73)(H,74,75)(H,76,77)(H,78,79)(H,80,81)(H,82,83)/t23-,24-,25-,26-,27-,28-,29-,30-,38-,39-,40-,41?,42?,43-,44-,45-,46-,47-,48-,49-,50-,51-,52-,53-,54-,55-,56-,57-,58-,59-,60-,61-,62-,63-,64-,65-,66-,67-,68?,69-/m1/s1. The third-order valence-electron chi connectivity index (χ3n) is 20.8. The van der Waals surface area contributed by atoms with Crippen molar-refractivity contribution in [2.75, 3.05) is 86.3 Å². The minimum atomic E-state index is -2.31. The summed E-state index contributed by atoms with van der Waals surface area (Å²) in [5.41, 5.74) is 0. The van der Waals surface area contributed by atoms with Crippen LogP contribution in [0.2, 0.25) is 0 Å². The van der Waals surface area contributed by atoms with E-state index in [4.69, 9.17) is 75.8 Å². The molecule has 0 aromatic carbocycles. The number of aliphatic hydroxyl groups is 16. The van der Waals surface area contributed by atoms with Gasteiger partial charge < -0.3 is 193 Å². The monoisotopic (exact) mass is 1930 g/mol. The lowest BCUT2D eigenvalue weighted by molar-refractivity contribution is -0.396. The third kappa shape index (κ3) is 28.7. The van der Waals surface area contributed by atoms with E-state index in [2.05, 4.69) is 12.6 Å². The van der Waals surface area contributed by atoms with Gasteiger partial charge in [-0.3, -0.25) is 33.6 Å². The fraction of sp³-hybridized carbons (Fsp3) is 0.899. The fourth-order valence-electron chi connectivity index (χ4n) is 14.3. The fourth-order valence-corrected chi connectivity index (χ4v) is 21.5. The van der Waals surface area contributed by atoms with Crippen LogP contribution in [0, 0.1) is 0 Å². The van der Waals surface area contributed by atoms with Crippen LogP contribution in [-0.4, -0.2) is 491 Å². The molecule has 0 amide bonds. The molecule has 0 aliphatic carbocycles. The van der Waals surface area contributed by atoms with Gasteiger partial charge in [0.2, 0.25) is 0 Å². The molecule has 0 saturated carbocycles. The second-order valence-electron chi connectivity index (χ2n) is 29.7. The Balaban J connectivity index is 1.10. The van der Waals surface area contributed by atoms with Crippen LogP contribution in [0.15, 0.2) is 0 Å². The van der Waals surface area contributed by atoms with Crippen molar-refractivity contribution in [1.29, 1.82) is 0 Å². The van der Waals surface area contributed by atoms with Gasteiger partial charge in [0, 0.05) is 86.3 Å². The minimum absolute atomic E-state index is 0.125. The summed E-state index contributed by atoms with van der Waals surface area (Å²) in [7, 11) is 0. The molecule has 708 valence electrons. The first-order valence-electron chi connectivity index (χ1n) is 38.9. The van der Waals surface area contributed by atoms with E-state index in [1.807, 2.05) is 0 Å². The maximum atomic E-state index is 12.3. The molecule has 46 nitrogen and oxygen atoms in total. The van der Waals surface area contributed by atoms with Crippen molar-refractivity contribution in [2.45, 2.75) is 291 Å². The number of aliphatic hydroxyl groups excluding tert-OH is 16. The summed E-state index contributed by atoms with van der Waals surface area (Å²) < 4.78 is 99.7. The molecular weight excluding hydrogens is 1820 g/mol. The number of carboxylic acid groups (broad SMARTS) is 7. The smallest absolute Gasteiger partial charge is 0.304 e. The zero-order chi connectivity index (χ0) is 90.0. The maximum Gasteiger partial charge on any atom is 0.304 e. The zero-order valence-electron chi connectivity index (χ0n) is 65.1. The Bertz CT molecular complexity index is 3170. The number of rotatable bonds is 36. The van der Waals surface area contributed by atoms with Gasteiger partial charge in [-0.15, -0.1) is 0 Å². The van der Waals surface area contributed by atoms with Crippen molar-refractivity contribution in [3.8, 4) is 0 Å². The highest BCUT2D eigenvalue weighted by Crippen LogP contribution is 2.43. The lowest BCUT2D eigenvalue weighted by Crippen LogP contribution is -2.69. The highest BCUT2D eigenvalue weighted by atomic mass is 32.2. The van der Waals surface area contributed by atoms with Crippen molar-refractivity contribution in [1.82, 2.24) is 0 Å². The topological polar surface area (TPSA) is 732 Å². The van der Waals surface area contributed by atoms with Gasteiger partial charge in [-0.2, -0.15) is 95.0 Å². The molecule has 0 aromatic heterocycles. The van der Waals surface area contributed by atoms with Crippen molar-refractivity contribution in [3.63, 3.8) is 0 Å². The molecule has 0 spiro atoms. The van der Waals surface area contributed by atoms with Crippen molar-refractivity contribution in [2.24, 2.45) is 0 Å². The number of ether oxygens (including phenoxy) is 16. The highest BCUT2D eigenvalue weighted by Gasteiger charge is 2.61. The second kappa shape index (κ2) is 50.1. The van der Waals surface area contributed by atoms with Crippen LogP contribution in [-0.2, 0) is 109 Å². The molecule has 30 fully saturated rings. The Morgan fingerprint density at radius 3 is 0.415 bits per heavy atom. The summed E-state index contributed by atoms with van der Waals surface area (Å²) in [5, 5.41) is 261. The molecule has 40 atom stereocenters. The lowest BCUT2D eigenvalue weighted by Gasteiger charge is -2.51. The minimum Gasteiger partial charge on any atom is -0.481 e. The molecule has 23 N–H and O–H groups in total. The number of aliphatic carboxylic acids is 7. The summed E-state index contributed by atoms with van der Waals surface area (Å²) in [4.78, 5) is 82.2.